The van der Waals surface area contributed by atoms with Crippen molar-refractivity contribution in [3.63, 3.8) is 0 Å². The maximum Gasteiger partial charge on any atom is 0.303 e. The van der Waals surface area contributed by atoms with Crippen LogP contribution in [0.15, 0.2) is 18.2 Å². The van der Waals surface area contributed by atoms with Crippen molar-refractivity contribution in [2.75, 3.05) is 21.3 Å². The summed E-state index contributed by atoms with van der Waals surface area (Å²) in [4.78, 5) is 24.8. The van der Waals surface area contributed by atoms with Crippen LogP contribution in [0, 0.1) is 0 Å². The number of carbonyl (C=O) groups is 2. The van der Waals surface area contributed by atoms with E-state index in [1.165, 1.54) is 6.92 Å². The van der Waals surface area contributed by atoms with Gasteiger partial charge < -0.3 is 19.1 Å². The molecule has 2 rings (SSSR count). The van der Waals surface area contributed by atoms with Crippen molar-refractivity contribution in [3.05, 3.63) is 23.8 Å². The largest absolute Gasteiger partial charge is 0.497 e. The molecule has 1 heterocycles. The summed E-state index contributed by atoms with van der Waals surface area (Å²) in [5, 5.41) is 0. The Bertz CT molecular complexity index is 535. The van der Waals surface area contributed by atoms with E-state index in [0.29, 0.717) is 17.9 Å². The van der Waals surface area contributed by atoms with E-state index in [1.807, 2.05) is 12.1 Å². The Labute approximate surface area is 123 Å². The molecule has 0 radical (unpaired) electrons. The first-order valence-corrected chi connectivity index (χ1v) is 6.63. The first-order chi connectivity index (χ1) is 9.96. The second-order valence-electron chi connectivity index (χ2n) is 4.94. The maximum absolute atomic E-state index is 12.1. The van der Waals surface area contributed by atoms with Crippen LogP contribution in [0.1, 0.15) is 24.9 Å². The van der Waals surface area contributed by atoms with E-state index >= 15 is 0 Å². The highest BCUT2D eigenvalue weighted by Crippen LogP contribution is 2.36. The fourth-order valence-corrected chi connectivity index (χ4v) is 2.52. The molecule has 21 heavy (non-hydrogen) atoms. The molecule has 1 aliphatic heterocycles. The van der Waals surface area contributed by atoms with Gasteiger partial charge in [0.05, 0.1) is 20.3 Å². The first kappa shape index (κ1) is 15.2. The van der Waals surface area contributed by atoms with E-state index in [-0.39, 0.29) is 11.9 Å². The molecule has 1 aromatic rings. The first-order valence-electron chi connectivity index (χ1n) is 6.63. The van der Waals surface area contributed by atoms with E-state index in [4.69, 9.17) is 14.2 Å². The van der Waals surface area contributed by atoms with Gasteiger partial charge in [-0.25, -0.2) is 0 Å². The molecule has 0 spiro atoms. The van der Waals surface area contributed by atoms with Gasteiger partial charge in [0.2, 0.25) is 0 Å². The monoisotopic (exact) mass is 293 g/mol. The Hall–Kier alpha value is -2.24. The maximum atomic E-state index is 12.1. The average molecular weight is 293 g/mol. The van der Waals surface area contributed by atoms with Crippen molar-refractivity contribution in [3.8, 4) is 11.5 Å². The lowest BCUT2D eigenvalue weighted by atomic mass is 10.0. The van der Waals surface area contributed by atoms with Crippen LogP contribution in [-0.4, -0.2) is 44.1 Å². The standard InChI is InChI=1S/C15H19NO5/c1-9(17)21-14-8-13(16(2)15(14)18)10-5-11(19-3)7-12(6-10)20-4/h5-7,13-14H,8H2,1-4H3/t13-,14-/m0/s1. The molecule has 1 saturated heterocycles. The summed E-state index contributed by atoms with van der Waals surface area (Å²) >= 11 is 0. The molecule has 2 atom stereocenters. The van der Waals surface area contributed by atoms with Crippen molar-refractivity contribution in [1.82, 2.24) is 4.90 Å². The Morgan fingerprint density at radius 3 is 2.24 bits per heavy atom. The highest BCUT2D eigenvalue weighted by atomic mass is 16.5. The van der Waals surface area contributed by atoms with E-state index in [9.17, 15) is 9.59 Å². The Morgan fingerprint density at radius 2 is 1.76 bits per heavy atom. The third-order valence-corrected chi connectivity index (χ3v) is 3.59. The van der Waals surface area contributed by atoms with Crippen molar-refractivity contribution < 1.29 is 23.8 Å². The van der Waals surface area contributed by atoms with Gasteiger partial charge in [0.1, 0.15) is 11.5 Å². The van der Waals surface area contributed by atoms with Gasteiger partial charge in [0.15, 0.2) is 6.10 Å². The molecule has 6 heteroatoms. The highest BCUT2D eigenvalue weighted by molar-refractivity contribution is 5.85. The van der Waals surface area contributed by atoms with E-state index < -0.39 is 12.1 Å². The summed E-state index contributed by atoms with van der Waals surface area (Å²) in [6.45, 7) is 1.30. The third-order valence-electron chi connectivity index (χ3n) is 3.59. The zero-order valence-corrected chi connectivity index (χ0v) is 12.6. The van der Waals surface area contributed by atoms with Gasteiger partial charge in [-0.1, -0.05) is 0 Å². The molecule has 1 aromatic carbocycles. The molecule has 1 fully saturated rings. The number of likely N-dealkylation sites (N-methyl/N-ethyl adjacent to an activating group) is 1. The Morgan fingerprint density at radius 1 is 1.19 bits per heavy atom. The smallest absolute Gasteiger partial charge is 0.303 e. The van der Waals surface area contributed by atoms with Crippen LogP contribution in [-0.2, 0) is 14.3 Å². The molecule has 114 valence electrons. The highest BCUT2D eigenvalue weighted by Gasteiger charge is 2.40. The summed E-state index contributed by atoms with van der Waals surface area (Å²) < 4.78 is 15.5. The minimum Gasteiger partial charge on any atom is -0.497 e. The molecule has 0 N–H and O–H groups in total. The molecule has 0 aromatic heterocycles. The number of esters is 1. The average Bonchev–Trinajstić information content (AvgIpc) is 2.74. The number of nitrogens with zero attached hydrogens (tertiary/aromatic N) is 1. The fourth-order valence-electron chi connectivity index (χ4n) is 2.52. The number of amides is 1. The van der Waals surface area contributed by atoms with Gasteiger partial charge in [0.25, 0.3) is 5.91 Å². The topological polar surface area (TPSA) is 65.1 Å². The second-order valence-corrected chi connectivity index (χ2v) is 4.94. The molecule has 0 bridgehead atoms. The van der Waals surface area contributed by atoms with Gasteiger partial charge >= 0.3 is 5.97 Å². The lowest BCUT2D eigenvalue weighted by Crippen LogP contribution is -2.29. The van der Waals surface area contributed by atoms with Crippen LogP contribution in [0.2, 0.25) is 0 Å². The van der Waals surface area contributed by atoms with Crippen LogP contribution in [0.25, 0.3) is 0 Å². The summed E-state index contributed by atoms with van der Waals surface area (Å²) in [5.74, 6) is 0.657. The predicted molar refractivity (Wildman–Crippen MR) is 75.2 cm³/mol. The van der Waals surface area contributed by atoms with Gasteiger partial charge in [0, 0.05) is 26.5 Å². The number of likely N-dealkylation sites (tertiary alicyclic amines) is 1. The lowest BCUT2D eigenvalue weighted by Gasteiger charge is -2.20. The van der Waals surface area contributed by atoms with E-state index in [1.54, 1.807) is 32.2 Å². The van der Waals surface area contributed by atoms with Gasteiger partial charge in [-0.05, 0) is 17.7 Å². The summed E-state index contributed by atoms with van der Waals surface area (Å²) in [6.07, 6.45) is -0.305. The second kappa shape index (κ2) is 6.03. The molecular formula is C15H19NO5. The van der Waals surface area contributed by atoms with E-state index in [2.05, 4.69) is 0 Å². The number of carbonyl (C=O) groups excluding carboxylic acids is 2. The minimum atomic E-state index is -0.727. The Kier molecular flexibility index (Phi) is 4.35. The van der Waals surface area contributed by atoms with Gasteiger partial charge in [-0.15, -0.1) is 0 Å². The number of ether oxygens (including phenoxy) is 3. The van der Waals surface area contributed by atoms with Gasteiger partial charge in [-0.2, -0.15) is 0 Å². The number of benzene rings is 1. The molecule has 0 saturated carbocycles. The quantitative estimate of drug-likeness (QED) is 0.788. The fraction of sp³-hybridized carbons (Fsp3) is 0.467. The number of rotatable bonds is 4. The zero-order valence-electron chi connectivity index (χ0n) is 12.6. The van der Waals surface area contributed by atoms with Crippen molar-refractivity contribution in [2.24, 2.45) is 0 Å². The van der Waals surface area contributed by atoms with Crippen LogP contribution in [0.3, 0.4) is 0 Å². The Balaban J connectivity index is 2.29. The van der Waals surface area contributed by atoms with Crippen LogP contribution < -0.4 is 9.47 Å². The molecular weight excluding hydrogens is 274 g/mol. The number of hydrogen-bond acceptors (Lipinski definition) is 5. The molecule has 1 aliphatic rings. The lowest BCUT2D eigenvalue weighted by molar-refractivity contribution is -0.153. The molecule has 1 amide bonds. The van der Waals surface area contributed by atoms with Crippen LogP contribution in [0.5, 0.6) is 11.5 Å². The molecule has 6 nitrogen and oxygen atoms in total. The van der Waals surface area contributed by atoms with Crippen LogP contribution in [0.4, 0.5) is 0 Å². The zero-order chi connectivity index (χ0) is 15.6. The van der Waals surface area contributed by atoms with Crippen LogP contribution >= 0.6 is 0 Å². The summed E-state index contributed by atoms with van der Waals surface area (Å²) in [5.41, 5.74) is 0.886. The SMILES string of the molecule is COc1cc(OC)cc([C@@H]2C[C@H](OC(C)=O)C(=O)N2C)c1. The minimum absolute atomic E-state index is 0.175. The molecule has 0 aliphatic carbocycles. The summed E-state index contributed by atoms with van der Waals surface area (Å²) in [7, 11) is 4.84. The number of methoxy groups -OCH3 is 2. The van der Waals surface area contributed by atoms with Crippen molar-refractivity contribution in [1.29, 1.82) is 0 Å². The summed E-state index contributed by atoms with van der Waals surface area (Å²) in [6, 6.07) is 5.30. The van der Waals surface area contributed by atoms with E-state index in [0.717, 1.165) is 5.56 Å². The van der Waals surface area contributed by atoms with Gasteiger partial charge in [-0.3, -0.25) is 9.59 Å². The predicted octanol–water partition coefficient (Wildman–Crippen LogP) is 1.54. The van der Waals surface area contributed by atoms with Crippen molar-refractivity contribution >= 4 is 11.9 Å². The normalized spacial score (nSPS) is 21.3. The van der Waals surface area contributed by atoms with Crippen molar-refractivity contribution in [2.45, 2.75) is 25.5 Å². The third kappa shape index (κ3) is 3.09. The molecule has 0 unspecified atom stereocenters. The number of hydrogen-bond donors (Lipinski definition) is 0.